The number of nitrogens with one attached hydrogen (secondary N) is 1. The molecule has 0 bridgehead atoms. The van der Waals surface area contributed by atoms with Gasteiger partial charge in [-0.2, -0.15) is 0 Å². The van der Waals surface area contributed by atoms with Gasteiger partial charge in [0, 0.05) is 18.1 Å². The van der Waals surface area contributed by atoms with Crippen molar-refractivity contribution < 1.29 is 16.8 Å². The topological polar surface area (TPSA) is 85.2 Å². The number of benzene rings is 2. The number of rotatable bonds is 8. The molecule has 8 heteroatoms. The summed E-state index contributed by atoms with van der Waals surface area (Å²) in [5.41, 5.74) is 1.57. The summed E-state index contributed by atoms with van der Waals surface area (Å²) in [6.07, 6.45) is 5.44. The Morgan fingerprint density at radius 1 is 0.857 bits per heavy atom. The summed E-state index contributed by atoms with van der Waals surface area (Å²) in [7, 11) is -7.74. The molecule has 3 rings (SSSR count). The number of aryl methyl sites for hydroxylation is 1. The molecule has 148 valence electrons. The van der Waals surface area contributed by atoms with E-state index in [0.29, 0.717) is 5.69 Å². The van der Waals surface area contributed by atoms with Gasteiger partial charge in [-0.3, -0.25) is 4.72 Å². The van der Waals surface area contributed by atoms with Crippen molar-refractivity contribution in [3.8, 4) is 0 Å². The smallest absolute Gasteiger partial charge is 0.267 e. The fourth-order valence-corrected chi connectivity index (χ4v) is 5.06. The zero-order chi connectivity index (χ0) is 20.2. The fourth-order valence-electron chi connectivity index (χ4n) is 2.72. The molecule has 1 aromatic heterocycles. The maximum absolute atomic E-state index is 12.6. The van der Waals surface area contributed by atoms with Gasteiger partial charge in [-0.05, 0) is 48.7 Å². The fraction of sp³-hybridized carbons (Fsp3) is 0.200. The van der Waals surface area contributed by atoms with E-state index in [9.17, 15) is 16.8 Å². The Bertz CT molecular complexity index is 1130. The van der Waals surface area contributed by atoms with Crippen LogP contribution in [0.3, 0.4) is 0 Å². The van der Waals surface area contributed by atoms with Crippen molar-refractivity contribution in [3.05, 3.63) is 78.6 Å². The Balaban J connectivity index is 1.80. The lowest BCUT2D eigenvalue weighted by Gasteiger charge is -2.08. The Labute approximate surface area is 165 Å². The Morgan fingerprint density at radius 2 is 1.54 bits per heavy atom. The third kappa shape index (κ3) is 4.45. The zero-order valence-corrected chi connectivity index (χ0v) is 17.1. The van der Waals surface area contributed by atoms with Gasteiger partial charge in [-0.15, -0.1) is 0 Å². The van der Waals surface area contributed by atoms with Crippen LogP contribution in [0.5, 0.6) is 0 Å². The molecule has 0 atom stereocenters. The molecule has 0 amide bonds. The van der Waals surface area contributed by atoms with Crippen molar-refractivity contribution in [1.29, 1.82) is 0 Å². The number of hydrogen-bond donors (Lipinski definition) is 1. The molecule has 0 aliphatic carbocycles. The van der Waals surface area contributed by atoms with E-state index in [1.807, 2.05) is 12.1 Å². The van der Waals surface area contributed by atoms with Crippen molar-refractivity contribution >= 4 is 25.7 Å². The maximum atomic E-state index is 12.6. The summed E-state index contributed by atoms with van der Waals surface area (Å²) < 4.78 is 53.8. The first-order valence-corrected chi connectivity index (χ1v) is 11.9. The maximum Gasteiger partial charge on any atom is 0.267 e. The zero-order valence-electron chi connectivity index (χ0n) is 15.4. The van der Waals surface area contributed by atoms with Crippen molar-refractivity contribution in [3.63, 3.8) is 0 Å². The quantitative estimate of drug-likeness (QED) is 0.602. The molecule has 0 spiro atoms. The summed E-state index contributed by atoms with van der Waals surface area (Å²) in [5.74, 6) is 0. The van der Waals surface area contributed by atoms with Crippen LogP contribution in [0.4, 0.5) is 5.69 Å². The molecule has 3 aromatic rings. The second kappa shape index (κ2) is 8.20. The molecule has 0 saturated heterocycles. The molecule has 0 fully saturated rings. The van der Waals surface area contributed by atoms with E-state index < -0.39 is 20.0 Å². The number of hydrogen-bond acceptors (Lipinski definition) is 4. The summed E-state index contributed by atoms with van der Waals surface area (Å²) in [6, 6.07) is 16.3. The van der Waals surface area contributed by atoms with Crippen molar-refractivity contribution in [2.75, 3.05) is 4.72 Å². The molecular weight excluding hydrogens is 396 g/mol. The van der Waals surface area contributed by atoms with E-state index in [0.717, 1.165) is 35.0 Å². The van der Waals surface area contributed by atoms with Crippen molar-refractivity contribution in [1.82, 2.24) is 3.97 Å². The van der Waals surface area contributed by atoms with E-state index in [-0.39, 0.29) is 9.79 Å². The summed E-state index contributed by atoms with van der Waals surface area (Å²) in [5, 5.41) is 0. The Kier molecular flexibility index (Phi) is 5.90. The lowest BCUT2D eigenvalue weighted by Crippen LogP contribution is -2.14. The number of sulfonamides is 1. The lowest BCUT2D eigenvalue weighted by molar-refractivity contribution is 0.587. The third-order valence-corrected chi connectivity index (χ3v) is 7.31. The van der Waals surface area contributed by atoms with Gasteiger partial charge in [0.1, 0.15) is 4.90 Å². The van der Waals surface area contributed by atoms with Crippen molar-refractivity contribution in [2.45, 2.75) is 36.0 Å². The van der Waals surface area contributed by atoms with Crippen molar-refractivity contribution in [2.24, 2.45) is 0 Å². The van der Waals surface area contributed by atoms with Gasteiger partial charge in [0.2, 0.25) is 0 Å². The minimum absolute atomic E-state index is 0.0881. The lowest BCUT2D eigenvalue weighted by atomic mass is 10.1. The molecule has 28 heavy (non-hydrogen) atoms. The Morgan fingerprint density at radius 3 is 2.18 bits per heavy atom. The van der Waals surface area contributed by atoms with Gasteiger partial charge >= 0.3 is 0 Å². The molecule has 2 aromatic carbocycles. The van der Waals surface area contributed by atoms with Crippen LogP contribution in [0.2, 0.25) is 0 Å². The second-order valence-corrected chi connectivity index (χ2v) is 9.93. The number of aromatic nitrogens is 1. The molecule has 0 radical (unpaired) electrons. The molecule has 6 nitrogen and oxygen atoms in total. The van der Waals surface area contributed by atoms with Gasteiger partial charge in [0.15, 0.2) is 0 Å². The average Bonchev–Trinajstić information content (AvgIpc) is 3.20. The standard InChI is InChI=1S/C20H22N2O4S2/c1-2-3-7-17-10-12-18(13-11-17)21-27(23,24)20-14-15-22(16-20)28(25,26)19-8-5-4-6-9-19/h4-6,8-16,21H,2-3,7H2,1H3. The molecule has 0 saturated carbocycles. The highest BCUT2D eigenvalue weighted by atomic mass is 32.2. The van der Waals surface area contributed by atoms with Crippen LogP contribution < -0.4 is 4.72 Å². The highest BCUT2D eigenvalue weighted by molar-refractivity contribution is 7.93. The molecule has 0 aliphatic rings. The molecule has 1 N–H and O–H groups in total. The second-order valence-electron chi connectivity index (χ2n) is 6.40. The van der Waals surface area contributed by atoms with Crippen LogP contribution in [-0.2, 0) is 26.5 Å². The van der Waals surface area contributed by atoms with Gasteiger partial charge < -0.3 is 0 Å². The number of nitrogens with zero attached hydrogens (tertiary/aromatic N) is 1. The van der Waals surface area contributed by atoms with Crippen LogP contribution in [0.25, 0.3) is 0 Å². The van der Waals surface area contributed by atoms with Gasteiger partial charge in [-0.1, -0.05) is 43.7 Å². The van der Waals surface area contributed by atoms with Crippen LogP contribution in [-0.4, -0.2) is 20.8 Å². The number of unbranched alkanes of at least 4 members (excludes halogenated alkanes) is 1. The first-order valence-electron chi connectivity index (χ1n) is 8.93. The van der Waals surface area contributed by atoms with Crippen LogP contribution in [0.15, 0.2) is 82.8 Å². The highest BCUT2D eigenvalue weighted by Crippen LogP contribution is 2.20. The van der Waals surface area contributed by atoms with E-state index >= 15 is 0 Å². The minimum Gasteiger partial charge on any atom is -0.280 e. The predicted molar refractivity (Wildman–Crippen MR) is 109 cm³/mol. The number of anilines is 1. The van der Waals surface area contributed by atoms with E-state index in [2.05, 4.69) is 11.6 Å². The molecular formula is C20H22N2O4S2. The minimum atomic E-state index is -3.90. The highest BCUT2D eigenvalue weighted by Gasteiger charge is 2.21. The summed E-state index contributed by atoms with van der Waals surface area (Å²) in [4.78, 5) is -0.0350. The van der Waals surface area contributed by atoms with Crippen LogP contribution >= 0.6 is 0 Å². The van der Waals surface area contributed by atoms with Gasteiger partial charge in [-0.25, -0.2) is 20.8 Å². The molecule has 0 unspecified atom stereocenters. The first-order chi connectivity index (χ1) is 13.3. The van der Waals surface area contributed by atoms with Crippen LogP contribution in [0.1, 0.15) is 25.3 Å². The monoisotopic (exact) mass is 418 g/mol. The SMILES string of the molecule is CCCCc1ccc(NS(=O)(=O)c2ccn(S(=O)(=O)c3ccccc3)c2)cc1. The van der Waals surface area contributed by atoms with Crippen LogP contribution in [0, 0.1) is 0 Å². The van der Waals surface area contributed by atoms with Gasteiger partial charge in [0.25, 0.3) is 20.0 Å². The summed E-state index contributed by atoms with van der Waals surface area (Å²) in [6.45, 7) is 2.12. The Hall–Kier alpha value is -2.58. The predicted octanol–water partition coefficient (Wildman–Crippen LogP) is 3.87. The third-order valence-electron chi connectivity index (χ3n) is 4.29. The average molecular weight is 419 g/mol. The largest absolute Gasteiger partial charge is 0.280 e. The van der Waals surface area contributed by atoms with E-state index in [1.165, 1.54) is 24.4 Å². The molecule has 0 aliphatic heterocycles. The van der Waals surface area contributed by atoms with E-state index in [1.54, 1.807) is 30.3 Å². The van der Waals surface area contributed by atoms with E-state index in [4.69, 9.17) is 0 Å². The normalized spacial score (nSPS) is 12.0. The molecule has 1 heterocycles. The first kappa shape index (κ1) is 20.2. The van der Waals surface area contributed by atoms with Gasteiger partial charge in [0.05, 0.1) is 4.90 Å². The summed E-state index contributed by atoms with van der Waals surface area (Å²) >= 11 is 0.